The molecule has 0 spiro atoms. The van der Waals surface area contributed by atoms with E-state index in [-0.39, 0.29) is 11.9 Å². The maximum atomic E-state index is 11.7. The number of ether oxygens (including phenoxy) is 3. The Morgan fingerprint density at radius 2 is 1.91 bits per heavy atom. The summed E-state index contributed by atoms with van der Waals surface area (Å²) in [5, 5.41) is 2.41. The van der Waals surface area contributed by atoms with Crippen molar-refractivity contribution in [2.45, 2.75) is 25.1 Å². The third-order valence-electron chi connectivity index (χ3n) is 3.99. The molecule has 0 radical (unpaired) electrons. The van der Waals surface area contributed by atoms with Gasteiger partial charge in [-0.05, 0) is 34.6 Å². The van der Waals surface area contributed by atoms with Crippen molar-refractivity contribution in [2.75, 3.05) is 6.61 Å². The maximum absolute atomic E-state index is 11.7. The zero-order chi connectivity index (χ0) is 14.9. The monoisotopic (exact) mass is 296 g/mol. The quantitative estimate of drug-likeness (QED) is 0.870. The molecule has 1 saturated heterocycles. The van der Waals surface area contributed by atoms with Gasteiger partial charge in [-0.2, -0.15) is 0 Å². The third kappa shape index (κ3) is 2.57. The number of rotatable bonds is 4. The number of benzene rings is 2. The fourth-order valence-corrected chi connectivity index (χ4v) is 2.87. The summed E-state index contributed by atoms with van der Waals surface area (Å²) in [4.78, 5) is 11.7. The number of carbonyl (C=O) groups is 1. The van der Waals surface area contributed by atoms with Crippen LogP contribution in [0.15, 0.2) is 54.6 Å². The van der Waals surface area contributed by atoms with Gasteiger partial charge in [-0.1, -0.05) is 36.4 Å². The van der Waals surface area contributed by atoms with Gasteiger partial charge in [-0.3, -0.25) is 4.79 Å². The van der Waals surface area contributed by atoms with E-state index in [9.17, 15) is 4.79 Å². The number of hydrogen-bond acceptors (Lipinski definition) is 4. The fourth-order valence-electron chi connectivity index (χ4n) is 2.87. The Labute approximate surface area is 128 Å². The van der Waals surface area contributed by atoms with E-state index in [1.807, 2.05) is 12.1 Å². The molecule has 0 N–H and O–H groups in total. The highest BCUT2D eigenvalue weighted by Crippen LogP contribution is 2.25. The second-order valence-electron chi connectivity index (χ2n) is 5.56. The predicted molar refractivity (Wildman–Crippen MR) is 81.3 cm³/mol. The van der Waals surface area contributed by atoms with Gasteiger partial charge in [0.1, 0.15) is 6.10 Å². The van der Waals surface area contributed by atoms with Crippen molar-refractivity contribution in [3.63, 3.8) is 0 Å². The van der Waals surface area contributed by atoms with Crippen LogP contribution in [-0.2, 0) is 25.6 Å². The Bertz CT molecular complexity index is 737. The van der Waals surface area contributed by atoms with Crippen molar-refractivity contribution in [3.8, 4) is 0 Å². The lowest BCUT2D eigenvalue weighted by molar-refractivity contribution is -0.127. The minimum absolute atomic E-state index is 0.0481. The highest BCUT2D eigenvalue weighted by molar-refractivity contribution is 5.95. The average molecular weight is 296 g/mol. The first-order chi connectivity index (χ1) is 10.8. The molecule has 22 heavy (non-hydrogen) atoms. The van der Waals surface area contributed by atoms with Crippen LogP contribution in [0.2, 0.25) is 0 Å². The van der Waals surface area contributed by atoms with Gasteiger partial charge in [0.25, 0.3) is 0 Å². The molecular formula is C18H16O4. The molecule has 2 aromatic rings. The fraction of sp³-hybridized carbons (Fsp3) is 0.278. The molecule has 2 aliphatic heterocycles. The topological polar surface area (TPSA) is 44.8 Å². The maximum Gasteiger partial charge on any atom is 0.187 e. The Morgan fingerprint density at radius 3 is 2.82 bits per heavy atom. The van der Waals surface area contributed by atoms with Gasteiger partial charge in [-0.25, -0.2) is 0 Å². The van der Waals surface area contributed by atoms with Gasteiger partial charge in [0, 0.05) is 0 Å². The van der Waals surface area contributed by atoms with Gasteiger partial charge in [0.2, 0.25) is 0 Å². The normalized spacial score (nSPS) is 26.7. The molecule has 0 aliphatic carbocycles. The summed E-state index contributed by atoms with van der Waals surface area (Å²) in [5.41, 5.74) is 1.10. The van der Waals surface area contributed by atoms with Crippen molar-refractivity contribution in [2.24, 2.45) is 0 Å². The molecular weight excluding hydrogens is 280 g/mol. The first-order valence-corrected chi connectivity index (χ1v) is 7.38. The minimum Gasteiger partial charge on any atom is -0.374 e. The molecule has 0 saturated carbocycles. The third-order valence-corrected chi connectivity index (χ3v) is 3.99. The van der Waals surface area contributed by atoms with Crippen LogP contribution in [0.1, 0.15) is 5.56 Å². The van der Waals surface area contributed by atoms with Crippen LogP contribution in [0.5, 0.6) is 0 Å². The molecule has 2 aromatic carbocycles. The van der Waals surface area contributed by atoms with Crippen LogP contribution >= 0.6 is 0 Å². The van der Waals surface area contributed by atoms with Crippen molar-refractivity contribution in [1.82, 2.24) is 0 Å². The molecule has 4 nitrogen and oxygen atoms in total. The molecule has 4 rings (SSSR count). The second kappa shape index (κ2) is 5.65. The van der Waals surface area contributed by atoms with Crippen LogP contribution in [-0.4, -0.2) is 30.9 Å². The van der Waals surface area contributed by atoms with E-state index in [1.54, 1.807) is 6.08 Å². The summed E-state index contributed by atoms with van der Waals surface area (Å²) < 4.78 is 16.8. The number of ketones is 1. The molecule has 0 amide bonds. The highest BCUT2D eigenvalue weighted by Gasteiger charge is 2.41. The van der Waals surface area contributed by atoms with Crippen LogP contribution < -0.4 is 0 Å². The summed E-state index contributed by atoms with van der Waals surface area (Å²) in [5.74, 6) is -0.0481. The van der Waals surface area contributed by atoms with Crippen LogP contribution in [0.25, 0.3) is 10.8 Å². The molecule has 2 bridgehead atoms. The van der Waals surface area contributed by atoms with E-state index < -0.39 is 12.4 Å². The first-order valence-electron chi connectivity index (χ1n) is 7.38. The standard InChI is InChI=1S/C18H16O4/c19-15-7-8-17-21-16(18(15)22-17)11-20-10-12-5-6-13-3-1-2-4-14(13)9-12/h1-9,16-18H,10-11H2/t16-,17+,18-/m0/s1. The van der Waals surface area contributed by atoms with Crippen LogP contribution in [0.4, 0.5) is 0 Å². The number of hydrogen-bond donors (Lipinski definition) is 0. The second-order valence-corrected chi connectivity index (χ2v) is 5.56. The molecule has 0 aromatic heterocycles. The summed E-state index contributed by atoms with van der Waals surface area (Å²) in [6.07, 6.45) is 1.92. The van der Waals surface area contributed by atoms with Gasteiger partial charge >= 0.3 is 0 Å². The molecule has 0 unspecified atom stereocenters. The number of carbonyl (C=O) groups excluding carboxylic acids is 1. The van der Waals surface area contributed by atoms with E-state index in [0.29, 0.717) is 13.2 Å². The van der Waals surface area contributed by atoms with Gasteiger partial charge < -0.3 is 14.2 Å². The zero-order valence-electron chi connectivity index (χ0n) is 12.0. The Kier molecular flexibility index (Phi) is 3.50. The SMILES string of the molecule is O=C1C=C[C@@H]2O[C@@H](COCc3ccc4ccccc4c3)[C@H]1O2. The van der Waals surface area contributed by atoms with Crippen molar-refractivity contribution < 1.29 is 19.0 Å². The summed E-state index contributed by atoms with van der Waals surface area (Å²) >= 11 is 0. The van der Waals surface area contributed by atoms with Crippen molar-refractivity contribution >= 4 is 16.6 Å². The average Bonchev–Trinajstić information content (AvgIpc) is 2.89. The van der Waals surface area contributed by atoms with E-state index in [1.165, 1.54) is 16.8 Å². The Morgan fingerprint density at radius 1 is 1.05 bits per heavy atom. The predicted octanol–water partition coefficient (Wildman–Crippen LogP) is 2.61. The van der Waals surface area contributed by atoms with Gasteiger partial charge in [0.15, 0.2) is 18.2 Å². The Hall–Kier alpha value is -2.01. The smallest absolute Gasteiger partial charge is 0.187 e. The van der Waals surface area contributed by atoms with Crippen molar-refractivity contribution in [3.05, 3.63) is 60.2 Å². The summed E-state index contributed by atoms with van der Waals surface area (Å²) in [6, 6.07) is 14.5. The molecule has 112 valence electrons. The Balaban J connectivity index is 1.37. The molecule has 2 heterocycles. The highest BCUT2D eigenvalue weighted by atomic mass is 16.7. The number of fused-ring (bicyclic) bond motifs is 3. The van der Waals surface area contributed by atoms with Gasteiger partial charge in [-0.15, -0.1) is 0 Å². The van der Waals surface area contributed by atoms with Crippen molar-refractivity contribution in [1.29, 1.82) is 0 Å². The molecule has 4 heteroatoms. The zero-order valence-corrected chi connectivity index (χ0v) is 12.0. The largest absolute Gasteiger partial charge is 0.374 e. The van der Waals surface area contributed by atoms with Gasteiger partial charge in [0.05, 0.1) is 13.2 Å². The van der Waals surface area contributed by atoms with E-state index >= 15 is 0 Å². The van der Waals surface area contributed by atoms with E-state index in [0.717, 1.165) is 5.56 Å². The minimum atomic E-state index is -0.522. The molecule has 2 aliphatic rings. The summed E-state index contributed by atoms with van der Waals surface area (Å²) in [6.45, 7) is 0.838. The lowest BCUT2D eigenvalue weighted by Gasteiger charge is -2.14. The lowest BCUT2D eigenvalue weighted by Crippen LogP contribution is -2.34. The molecule has 1 fully saturated rings. The van der Waals surface area contributed by atoms with E-state index in [2.05, 4.69) is 30.3 Å². The lowest BCUT2D eigenvalue weighted by atomic mass is 10.1. The van der Waals surface area contributed by atoms with Crippen LogP contribution in [0.3, 0.4) is 0 Å². The molecule has 3 atom stereocenters. The van der Waals surface area contributed by atoms with E-state index in [4.69, 9.17) is 14.2 Å². The summed E-state index contributed by atoms with van der Waals surface area (Å²) in [7, 11) is 0. The first kappa shape index (κ1) is 13.6. The van der Waals surface area contributed by atoms with Crippen LogP contribution in [0, 0.1) is 0 Å².